The van der Waals surface area contributed by atoms with E-state index < -0.39 is 5.82 Å². The van der Waals surface area contributed by atoms with Crippen molar-refractivity contribution in [3.8, 4) is 11.8 Å². The Morgan fingerprint density at radius 3 is 2.45 bits per heavy atom. The van der Waals surface area contributed by atoms with Crippen molar-refractivity contribution in [2.75, 3.05) is 7.11 Å². The highest BCUT2D eigenvalue weighted by atomic mass is 19.1. The van der Waals surface area contributed by atoms with Crippen molar-refractivity contribution in [2.45, 2.75) is 0 Å². The van der Waals surface area contributed by atoms with E-state index in [1.165, 1.54) is 19.2 Å². The fourth-order valence-corrected chi connectivity index (χ4v) is 1.95. The summed E-state index contributed by atoms with van der Waals surface area (Å²) in [7, 11) is 1.43. The predicted molar refractivity (Wildman–Crippen MR) is 76.0 cm³/mol. The fourth-order valence-electron chi connectivity index (χ4n) is 1.95. The Labute approximate surface area is 116 Å². The summed E-state index contributed by atoms with van der Waals surface area (Å²) < 4.78 is 19.1. The molecule has 20 heavy (non-hydrogen) atoms. The second-order valence-corrected chi connectivity index (χ2v) is 4.08. The van der Waals surface area contributed by atoms with Crippen LogP contribution in [-0.2, 0) is 0 Å². The number of nitrogens with two attached hydrogens (primary N) is 1. The van der Waals surface area contributed by atoms with E-state index >= 15 is 0 Å². The minimum absolute atomic E-state index is 0.0636. The molecule has 0 spiro atoms. The van der Waals surface area contributed by atoms with Gasteiger partial charge in [0.05, 0.1) is 23.9 Å². The monoisotopic (exact) mass is 268 g/mol. The molecule has 0 heterocycles. The quantitative estimate of drug-likeness (QED) is 0.687. The van der Waals surface area contributed by atoms with Crippen LogP contribution in [-0.4, -0.2) is 7.11 Å². The highest BCUT2D eigenvalue weighted by Gasteiger charge is 2.16. The summed E-state index contributed by atoms with van der Waals surface area (Å²) in [4.78, 5) is 0. The van der Waals surface area contributed by atoms with E-state index in [1.54, 1.807) is 30.3 Å². The van der Waals surface area contributed by atoms with E-state index in [4.69, 9.17) is 10.5 Å². The molecule has 2 aromatic carbocycles. The lowest BCUT2D eigenvalue weighted by Gasteiger charge is -2.11. The van der Waals surface area contributed by atoms with Crippen LogP contribution in [0.2, 0.25) is 0 Å². The van der Waals surface area contributed by atoms with Crippen LogP contribution >= 0.6 is 0 Å². The van der Waals surface area contributed by atoms with Crippen LogP contribution in [0.5, 0.6) is 5.75 Å². The Morgan fingerprint density at radius 2 is 1.85 bits per heavy atom. The maximum Gasteiger partial charge on any atom is 0.136 e. The summed E-state index contributed by atoms with van der Waals surface area (Å²) in [5.74, 6) is -0.225. The third-order valence-corrected chi connectivity index (χ3v) is 2.91. The Morgan fingerprint density at radius 1 is 1.15 bits per heavy atom. The van der Waals surface area contributed by atoms with Crippen molar-refractivity contribution in [1.82, 2.24) is 0 Å². The van der Waals surface area contributed by atoms with Gasteiger partial charge in [0.1, 0.15) is 17.6 Å². The summed E-state index contributed by atoms with van der Waals surface area (Å²) in [5, 5.41) is 9.31. The number of halogens is 1. The molecule has 0 fully saturated rings. The van der Waals surface area contributed by atoms with E-state index in [0.29, 0.717) is 11.3 Å². The standard InChI is InChI=1S/C16H13FN2O/c1-20-14-9-5-8-13(17)15(14)16(19)12(10-18)11-6-3-2-4-7-11/h2-9H,19H2,1H3/b16-12+. The lowest BCUT2D eigenvalue weighted by Crippen LogP contribution is -2.05. The van der Waals surface area contributed by atoms with Gasteiger partial charge >= 0.3 is 0 Å². The van der Waals surface area contributed by atoms with Crippen LogP contribution in [0.25, 0.3) is 11.3 Å². The van der Waals surface area contributed by atoms with Crippen molar-refractivity contribution in [3.63, 3.8) is 0 Å². The first-order chi connectivity index (χ1) is 9.69. The molecular formula is C16H13FN2O. The minimum Gasteiger partial charge on any atom is -0.496 e. The maximum absolute atomic E-state index is 14.0. The molecular weight excluding hydrogens is 255 g/mol. The summed E-state index contributed by atoms with van der Waals surface area (Å²) >= 11 is 0. The van der Waals surface area contributed by atoms with Gasteiger partial charge in [-0.15, -0.1) is 0 Å². The number of hydrogen-bond acceptors (Lipinski definition) is 3. The van der Waals surface area contributed by atoms with Gasteiger partial charge in [-0.05, 0) is 17.7 Å². The van der Waals surface area contributed by atoms with Crippen molar-refractivity contribution < 1.29 is 9.13 Å². The van der Waals surface area contributed by atoms with Crippen LogP contribution in [0.1, 0.15) is 11.1 Å². The zero-order valence-electron chi connectivity index (χ0n) is 10.9. The fraction of sp³-hybridized carbons (Fsp3) is 0.0625. The van der Waals surface area contributed by atoms with Crippen LogP contribution in [0, 0.1) is 17.1 Å². The van der Waals surface area contributed by atoms with Crippen molar-refractivity contribution in [1.29, 1.82) is 5.26 Å². The van der Waals surface area contributed by atoms with E-state index in [2.05, 4.69) is 0 Å². The van der Waals surface area contributed by atoms with Gasteiger partial charge in [0, 0.05) is 0 Å². The number of benzene rings is 2. The molecule has 0 aliphatic carbocycles. The molecule has 0 amide bonds. The second kappa shape index (κ2) is 5.89. The van der Waals surface area contributed by atoms with E-state index in [0.717, 1.165) is 0 Å². The highest BCUT2D eigenvalue weighted by Crippen LogP contribution is 2.30. The Kier molecular flexibility index (Phi) is 4.02. The molecule has 0 radical (unpaired) electrons. The smallest absolute Gasteiger partial charge is 0.136 e. The van der Waals surface area contributed by atoms with E-state index in [1.807, 2.05) is 12.1 Å². The first-order valence-electron chi connectivity index (χ1n) is 5.97. The molecule has 0 saturated heterocycles. The van der Waals surface area contributed by atoms with E-state index in [9.17, 15) is 9.65 Å². The van der Waals surface area contributed by atoms with Gasteiger partial charge < -0.3 is 10.5 Å². The van der Waals surface area contributed by atoms with Crippen LogP contribution in [0.15, 0.2) is 48.5 Å². The number of nitrogens with zero attached hydrogens (tertiary/aromatic N) is 1. The maximum atomic E-state index is 14.0. The summed E-state index contributed by atoms with van der Waals surface area (Å²) in [6.45, 7) is 0. The number of allylic oxidation sites excluding steroid dienone is 1. The zero-order chi connectivity index (χ0) is 14.5. The van der Waals surface area contributed by atoms with Crippen molar-refractivity contribution >= 4 is 11.3 Å². The van der Waals surface area contributed by atoms with Crippen LogP contribution in [0.4, 0.5) is 4.39 Å². The first kappa shape index (κ1) is 13.6. The van der Waals surface area contributed by atoms with Gasteiger partial charge in [0.25, 0.3) is 0 Å². The third-order valence-electron chi connectivity index (χ3n) is 2.91. The largest absolute Gasteiger partial charge is 0.496 e. The topological polar surface area (TPSA) is 59.0 Å². The molecule has 0 bridgehead atoms. The Balaban J connectivity index is 2.68. The average Bonchev–Trinajstić information content (AvgIpc) is 2.48. The van der Waals surface area contributed by atoms with Gasteiger partial charge in [-0.3, -0.25) is 0 Å². The van der Waals surface area contributed by atoms with Crippen molar-refractivity contribution in [2.24, 2.45) is 5.73 Å². The molecule has 0 aliphatic heterocycles. The molecule has 2 aromatic rings. The lowest BCUT2D eigenvalue weighted by atomic mass is 10.00. The van der Waals surface area contributed by atoms with Crippen molar-refractivity contribution in [3.05, 3.63) is 65.5 Å². The molecule has 3 nitrogen and oxygen atoms in total. The predicted octanol–water partition coefficient (Wildman–Crippen LogP) is 3.18. The molecule has 0 unspecified atom stereocenters. The molecule has 4 heteroatoms. The van der Waals surface area contributed by atoms with Gasteiger partial charge in [0.2, 0.25) is 0 Å². The SMILES string of the molecule is COc1cccc(F)c1/C(N)=C(/C#N)c1ccccc1. The highest BCUT2D eigenvalue weighted by molar-refractivity contribution is 5.97. The number of nitriles is 1. The van der Waals surface area contributed by atoms with Gasteiger partial charge in [0.15, 0.2) is 0 Å². The van der Waals surface area contributed by atoms with Crippen LogP contribution in [0.3, 0.4) is 0 Å². The van der Waals surface area contributed by atoms with Gasteiger partial charge in [-0.2, -0.15) is 5.26 Å². The van der Waals surface area contributed by atoms with Gasteiger partial charge in [-0.1, -0.05) is 36.4 Å². The molecule has 100 valence electrons. The van der Waals surface area contributed by atoms with Crippen LogP contribution < -0.4 is 10.5 Å². The summed E-state index contributed by atoms with van der Waals surface area (Å²) in [5.41, 5.74) is 7.02. The molecule has 2 rings (SSSR count). The molecule has 0 aliphatic rings. The molecule has 2 N–H and O–H groups in total. The number of hydrogen-bond donors (Lipinski definition) is 1. The molecule has 0 atom stereocenters. The lowest BCUT2D eigenvalue weighted by molar-refractivity contribution is 0.409. The van der Waals surface area contributed by atoms with Gasteiger partial charge in [-0.25, -0.2) is 4.39 Å². The Hall–Kier alpha value is -2.80. The summed E-state index contributed by atoms with van der Waals surface area (Å²) in [6, 6.07) is 15.3. The van der Waals surface area contributed by atoms with E-state index in [-0.39, 0.29) is 16.8 Å². The second-order valence-electron chi connectivity index (χ2n) is 4.08. The first-order valence-corrected chi connectivity index (χ1v) is 5.97. The molecule has 0 aromatic heterocycles. The number of methoxy groups -OCH3 is 1. The normalized spacial score (nSPS) is 11.4. The zero-order valence-corrected chi connectivity index (χ0v) is 10.9. The number of rotatable bonds is 3. The Bertz CT molecular complexity index is 687. The number of ether oxygens (including phenoxy) is 1. The average molecular weight is 268 g/mol. The minimum atomic E-state index is -0.523. The third kappa shape index (κ3) is 2.47. The molecule has 0 saturated carbocycles. The summed E-state index contributed by atoms with van der Waals surface area (Å²) in [6.07, 6.45) is 0.